The first kappa shape index (κ1) is 17.4. The van der Waals surface area contributed by atoms with Crippen molar-refractivity contribution in [2.24, 2.45) is 0 Å². The molecule has 1 fully saturated rings. The maximum absolute atomic E-state index is 12.3. The zero-order valence-electron chi connectivity index (χ0n) is 14.6. The first-order chi connectivity index (χ1) is 11.9. The third-order valence-electron chi connectivity index (χ3n) is 4.17. The molecule has 0 aliphatic carbocycles. The summed E-state index contributed by atoms with van der Waals surface area (Å²) in [5.74, 6) is 0.131. The van der Waals surface area contributed by atoms with Crippen molar-refractivity contribution in [2.75, 3.05) is 16.8 Å². The van der Waals surface area contributed by atoms with Gasteiger partial charge in [-0.05, 0) is 45.4 Å². The van der Waals surface area contributed by atoms with Gasteiger partial charge in [-0.2, -0.15) is 0 Å². The Bertz CT molecular complexity index is 802. The van der Waals surface area contributed by atoms with Crippen LogP contribution in [0.25, 0.3) is 0 Å². The molecule has 7 heteroatoms. The number of aryl methyl sites for hydroxylation is 2. The maximum Gasteiger partial charge on any atom is 0.319 e. The van der Waals surface area contributed by atoms with Gasteiger partial charge in [0.1, 0.15) is 0 Å². The molecule has 2 heterocycles. The van der Waals surface area contributed by atoms with Gasteiger partial charge in [0, 0.05) is 29.2 Å². The molecule has 2 N–H and O–H groups in total. The summed E-state index contributed by atoms with van der Waals surface area (Å²) < 4.78 is 0. The lowest BCUT2D eigenvalue weighted by Gasteiger charge is -2.18. The van der Waals surface area contributed by atoms with Crippen LogP contribution >= 0.6 is 11.3 Å². The maximum atomic E-state index is 12.3. The van der Waals surface area contributed by atoms with Gasteiger partial charge in [-0.25, -0.2) is 9.78 Å². The van der Waals surface area contributed by atoms with E-state index in [2.05, 4.69) is 15.6 Å². The van der Waals surface area contributed by atoms with E-state index in [-0.39, 0.29) is 18.0 Å². The Balaban J connectivity index is 1.65. The highest BCUT2D eigenvalue weighted by atomic mass is 32.1. The van der Waals surface area contributed by atoms with E-state index in [9.17, 15) is 9.59 Å². The second-order valence-electron chi connectivity index (χ2n) is 6.20. The number of carbonyl (C=O) groups excluding carboxylic acids is 2. The Labute approximate surface area is 151 Å². The van der Waals surface area contributed by atoms with E-state index >= 15 is 0 Å². The molecule has 2 aromatic rings. The minimum atomic E-state index is -0.275. The van der Waals surface area contributed by atoms with E-state index in [4.69, 9.17) is 0 Å². The minimum absolute atomic E-state index is 0.116. The number of aromatic nitrogens is 1. The van der Waals surface area contributed by atoms with Crippen LogP contribution in [-0.2, 0) is 4.79 Å². The quantitative estimate of drug-likeness (QED) is 0.874. The van der Waals surface area contributed by atoms with Gasteiger partial charge in [0.25, 0.3) is 0 Å². The Morgan fingerprint density at radius 3 is 2.80 bits per heavy atom. The van der Waals surface area contributed by atoms with E-state index in [1.54, 1.807) is 16.2 Å². The van der Waals surface area contributed by atoms with Gasteiger partial charge in [0.2, 0.25) is 5.91 Å². The van der Waals surface area contributed by atoms with Crippen molar-refractivity contribution in [3.8, 4) is 0 Å². The highest BCUT2D eigenvalue weighted by Gasteiger charge is 2.22. The van der Waals surface area contributed by atoms with Crippen LogP contribution in [0.3, 0.4) is 0 Å². The molecule has 132 valence electrons. The molecule has 1 saturated heterocycles. The molecule has 3 rings (SSSR count). The zero-order chi connectivity index (χ0) is 18.0. The van der Waals surface area contributed by atoms with E-state index in [0.29, 0.717) is 12.1 Å². The summed E-state index contributed by atoms with van der Waals surface area (Å²) >= 11 is 1.59. The van der Waals surface area contributed by atoms with Crippen molar-refractivity contribution in [2.45, 2.75) is 39.7 Å². The molecule has 1 aliphatic rings. The fourth-order valence-corrected chi connectivity index (χ4v) is 3.98. The van der Waals surface area contributed by atoms with Crippen molar-refractivity contribution in [3.63, 3.8) is 0 Å². The molecule has 0 bridgehead atoms. The smallest absolute Gasteiger partial charge is 0.319 e. The molecule has 1 atom stereocenters. The van der Waals surface area contributed by atoms with Gasteiger partial charge in [-0.15, -0.1) is 11.3 Å². The van der Waals surface area contributed by atoms with Crippen LogP contribution in [0.1, 0.15) is 41.4 Å². The van der Waals surface area contributed by atoms with Gasteiger partial charge in [-0.3, -0.25) is 4.79 Å². The van der Waals surface area contributed by atoms with Crippen LogP contribution < -0.4 is 15.5 Å². The van der Waals surface area contributed by atoms with Crippen LogP contribution in [0.2, 0.25) is 0 Å². The van der Waals surface area contributed by atoms with Crippen LogP contribution in [-0.4, -0.2) is 23.5 Å². The fourth-order valence-electron chi connectivity index (χ4n) is 3.05. The Kier molecular flexibility index (Phi) is 5.03. The van der Waals surface area contributed by atoms with Crippen LogP contribution in [0.5, 0.6) is 0 Å². The standard InChI is InChI=1S/C18H22N4O2S/c1-11-17(25-13(3)19-11)12(2)20-18(24)21-14-6-4-7-15(10-14)22-9-5-8-16(22)23/h4,6-7,10,12H,5,8-9H2,1-3H3,(H2,20,21,24)/t12-/m0/s1. The predicted molar refractivity (Wildman–Crippen MR) is 100 cm³/mol. The number of nitrogens with one attached hydrogen (secondary N) is 2. The molecular formula is C18H22N4O2S. The molecule has 0 saturated carbocycles. The first-order valence-electron chi connectivity index (χ1n) is 8.36. The number of hydrogen-bond donors (Lipinski definition) is 2. The highest BCUT2D eigenvalue weighted by molar-refractivity contribution is 7.11. The van der Waals surface area contributed by atoms with E-state index < -0.39 is 0 Å². The summed E-state index contributed by atoms with van der Waals surface area (Å²) in [6.07, 6.45) is 1.46. The molecule has 0 unspecified atom stereocenters. The lowest BCUT2D eigenvalue weighted by atomic mass is 10.2. The summed E-state index contributed by atoms with van der Waals surface area (Å²) in [6.45, 7) is 6.58. The summed E-state index contributed by atoms with van der Waals surface area (Å²) in [5, 5.41) is 6.77. The number of amides is 3. The average molecular weight is 358 g/mol. The van der Waals surface area contributed by atoms with Gasteiger partial charge in [0.05, 0.1) is 16.7 Å². The monoisotopic (exact) mass is 358 g/mol. The largest absolute Gasteiger partial charge is 0.330 e. The molecule has 0 radical (unpaired) electrons. The highest BCUT2D eigenvalue weighted by Crippen LogP contribution is 2.26. The van der Waals surface area contributed by atoms with Crippen molar-refractivity contribution in [1.29, 1.82) is 0 Å². The average Bonchev–Trinajstić information content (AvgIpc) is 3.12. The molecule has 0 spiro atoms. The molecule has 3 amide bonds. The SMILES string of the molecule is Cc1nc(C)c([C@H](C)NC(=O)Nc2cccc(N3CCCC3=O)c2)s1. The van der Waals surface area contributed by atoms with E-state index in [1.165, 1.54) is 0 Å². The molecule has 25 heavy (non-hydrogen) atoms. The Morgan fingerprint density at radius 1 is 1.36 bits per heavy atom. The lowest BCUT2D eigenvalue weighted by molar-refractivity contribution is -0.117. The second kappa shape index (κ2) is 7.23. The van der Waals surface area contributed by atoms with Gasteiger partial charge < -0.3 is 15.5 Å². The van der Waals surface area contributed by atoms with Crippen LogP contribution in [0.15, 0.2) is 24.3 Å². The molecule has 1 aliphatic heterocycles. The number of nitrogens with zero attached hydrogens (tertiary/aromatic N) is 2. The Morgan fingerprint density at radius 2 is 2.16 bits per heavy atom. The Hall–Kier alpha value is -2.41. The fraction of sp³-hybridized carbons (Fsp3) is 0.389. The van der Waals surface area contributed by atoms with Gasteiger partial charge in [-0.1, -0.05) is 6.07 Å². The van der Waals surface area contributed by atoms with E-state index in [0.717, 1.165) is 34.2 Å². The molecular weight excluding hydrogens is 336 g/mol. The van der Waals surface area contributed by atoms with Crippen LogP contribution in [0.4, 0.5) is 16.2 Å². The number of anilines is 2. The summed E-state index contributed by atoms with van der Waals surface area (Å²) in [6, 6.07) is 6.98. The number of thiazole rings is 1. The van der Waals surface area contributed by atoms with Crippen molar-refractivity contribution < 1.29 is 9.59 Å². The van der Waals surface area contributed by atoms with Crippen molar-refractivity contribution >= 4 is 34.6 Å². The summed E-state index contributed by atoms with van der Waals surface area (Å²) in [7, 11) is 0. The minimum Gasteiger partial charge on any atom is -0.330 e. The second-order valence-corrected chi connectivity index (χ2v) is 7.44. The topological polar surface area (TPSA) is 74.3 Å². The third-order valence-corrected chi connectivity index (χ3v) is 5.42. The zero-order valence-corrected chi connectivity index (χ0v) is 15.4. The van der Waals surface area contributed by atoms with Crippen LogP contribution in [0, 0.1) is 13.8 Å². The van der Waals surface area contributed by atoms with Crippen molar-refractivity contribution in [3.05, 3.63) is 39.8 Å². The van der Waals surface area contributed by atoms with Crippen molar-refractivity contribution in [1.82, 2.24) is 10.3 Å². The first-order valence-corrected chi connectivity index (χ1v) is 9.17. The predicted octanol–water partition coefficient (Wildman–Crippen LogP) is 3.77. The number of carbonyl (C=O) groups is 2. The normalized spacial score (nSPS) is 15.3. The third kappa shape index (κ3) is 3.99. The summed E-state index contributed by atoms with van der Waals surface area (Å²) in [5.41, 5.74) is 2.44. The lowest BCUT2D eigenvalue weighted by Crippen LogP contribution is -2.31. The number of benzene rings is 1. The molecule has 6 nitrogen and oxygen atoms in total. The van der Waals surface area contributed by atoms with E-state index in [1.807, 2.05) is 45.0 Å². The summed E-state index contributed by atoms with van der Waals surface area (Å²) in [4.78, 5) is 31.4. The number of hydrogen-bond acceptors (Lipinski definition) is 4. The number of rotatable bonds is 4. The van der Waals surface area contributed by atoms with Gasteiger partial charge >= 0.3 is 6.03 Å². The van der Waals surface area contributed by atoms with Gasteiger partial charge in [0.15, 0.2) is 0 Å². The molecule has 1 aromatic carbocycles. The molecule has 1 aromatic heterocycles. The number of urea groups is 1.